The molecule has 74 valence electrons. The molecule has 1 aliphatic rings. The first-order valence-corrected chi connectivity index (χ1v) is 5.51. The number of terminal acetylenes is 1. The third-order valence-corrected chi connectivity index (χ3v) is 3.20. The van der Waals surface area contributed by atoms with Crippen molar-refractivity contribution in [2.75, 3.05) is 13.1 Å². The number of rotatable bonds is 4. The first-order chi connectivity index (χ1) is 6.36. The lowest BCUT2D eigenvalue weighted by Crippen LogP contribution is -2.26. The van der Waals surface area contributed by atoms with E-state index in [-0.39, 0.29) is 0 Å². The Labute approximate surface area is 82.3 Å². The van der Waals surface area contributed by atoms with E-state index in [1.54, 1.807) is 0 Å². The molecule has 0 radical (unpaired) electrons. The maximum Gasteiger partial charge on any atom is 0.0573 e. The average Bonchev–Trinajstić information content (AvgIpc) is 2.19. The second-order valence-electron chi connectivity index (χ2n) is 4.13. The molecule has 0 spiro atoms. The maximum absolute atomic E-state index is 5.18. The van der Waals surface area contributed by atoms with Crippen LogP contribution in [0.3, 0.4) is 0 Å². The standard InChI is InChI=1S/C12H21N/c1-3-9-13-10-12-7-5-11(4-2)6-8-12/h1,11-13H,4-10H2,2H3. The van der Waals surface area contributed by atoms with E-state index in [4.69, 9.17) is 6.42 Å². The van der Waals surface area contributed by atoms with Crippen LogP contribution in [0.5, 0.6) is 0 Å². The predicted octanol–water partition coefficient (Wildman–Crippen LogP) is 2.43. The molecule has 1 heteroatoms. The summed E-state index contributed by atoms with van der Waals surface area (Å²) in [6, 6.07) is 0. The van der Waals surface area contributed by atoms with Crippen molar-refractivity contribution in [1.29, 1.82) is 0 Å². The Balaban J connectivity index is 2.07. The van der Waals surface area contributed by atoms with Gasteiger partial charge in [0.1, 0.15) is 0 Å². The minimum absolute atomic E-state index is 0.730. The summed E-state index contributed by atoms with van der Waals surface area (Å²) in [4.78, 5) is 0. The van der Waals surface area contributed by atoms with Crippen molar-refractivity contribution < 1.29 is 0 Å². The largest absolute Gasteiger partial charge is 0.306 e. The zero-order valence-corrected chi connectivity index (χ0v) is 8.68. The van der Waals surface area contributed by atoms with Gasteiger partial charge in [-0.05, 0) is 31.2 Å². The topological polar surface area (TPSA) is 12.0 Å². The highest BCUT2D eigenvalue weighted by Crippen LogP contribution is 2.29. The average molecular weight is 179 g/mol. The summed E-state index contributed by atoms with van der Waals surface area (Å²) in [6.45, 7) is 4.16. The third-order valence-electron chi connectivity index (χ3n) is 3.20. The Morgan fingerprint density at radius 1 is 1.23 bits per heavy atom. The molecule has 1 saturated carbocycles. The molecule has 13 heavy (non-hydrogen) atoms. The van der Waals surface area contributed by atoms with Crippen LogP contribution in [0.2, 0.25) is 0 Å². The fraction of sp³-hybridized carbons (Fsp3) is 0.833. The van der Waals surface area contributed by atoms with Gasteiger partial charge in [-0.25, -0.2) is 0 Å². The van der Waals surface area contributed by atoms with Gasteiger partial charge in [-0.2, -0.15) is 0 Å². The Hall–Kier alpha value is -0.480. The van der Waals surface area contributed by atoms with Gasteiger partial charge >= 0.3 is 0 Å². The third kappa shape index (κ3) is 3.83. The van der Waals surface area contributed by atoms with Gasteiger partial charge in [0.25, 0.3) is 0 Å². The summed E-state index contributed by atoms with van der Waals surface area (Å²) in [7, 11) is 0. The summed E-state index contributed by atoms with van der Waals surface area (Å²) in [5.74, 6) is 4.51. The number of hydrogen-bond donors (Lipinski definition) is 1. The molecule has 0 aromatic carbocycles. The molecule has 0 bridgehead atoms. The lowest BCUT2D eigenvalue weighted by Gasteiger charge is -2.27. The van der Waals surface area contributed by atoms with Gasteiger partial charge in [-0.15, -0.1) is 6.42 Å². The van der Waals surface area contributed by atoms with Crippen LogP contribution in [0.4, 0.5) is 0 Å². The summed E-state index contributed by atoms with van der Waals surface area (Å²) in [5, 5.41) is 3.30. The predicted molar refractivity (Wildman–Crippen MR) is 57.4 cm³/mol. The SMILES string of the molecule is C#CCNCC1CCC(CC)CC1. The van der Waals surface area contributed by atoms with Gasteiger partial charge in [0.15, 0.2) is 0 Å². The molecule has 0 atom stereocenters. The Kier molecular flexibility index (Phi) is 4.93. The van der Waals surface area contributed by atoms with Crippen LogP contribution in [0.25, 0.3) is 0 Å². The van der Waals surface area contributed by atoms with E-state index in [9.17, 15) is 0 Å². The highest BCUT2D eigenvalue weighted by molar-refractivity contribution is 4.87. The fourth-order valence-corrected chi connectivity index (χ4v) is 2.19. The minimum Gasteiger partial charge on any atom is -0.306 e. The van der Waals surface area contributed by atoms with E-state index in [0.29, 0.717) is 0 Å². The van der Waals surface area contributed by atoms with Crippen LogP contribution in [0.15, 0.2) is 0 Å². The zero-order chi connectivity index (χ0) is 9.52. The second-order valence-corrected chi connectivity index (χ2v) is 4.13. The Bertz CT molecular complexity index is 160. The van der Waals surface area contributed by atoms with Crippen molar-refractivity contribution in [1.82, 2.24) is 5.32 Å². The van der Waals surface area contributed by atoms with Crippen molar-refractivity contribution in [3.8, 4) is 12.3 Å². The first-order valence-electron chi connectivity index (χ1n) is 5.51. The van der Waals surface area contributed by atoms with Gasteiger partial charge in [0.2, 0.25) is 0 Å². The van der Waals surface area contributed by atoms with Gasteiger partial charge in [-0.3, -0.25) is 0 Å². The molecule has 0 aromatic rings. The Morgan fingerprint density at radius 2 is 1.85 bits per heavy atom. The Morgan fingerprint density at radius 3 is 2.38 bits per heavy atom. The zero-order valence-electron chi connectivity index (χ0n) is 8.68. The second kappa shape index (κ2) is 6.05. The minimum atomic E-state index is 0.730. The molecule has 0 heterocycles. The molecule has 1 nitrogen and oxygen atoms in total. The lowest BCUT2D eigenvalue weighted by atomic mass is 9.81. The van der Waals surface area contributed by atoms with Crippen LogP contribution in [-0.2, 0) is 0 Å². The smallest absolute Gasteiger partial charge is 0.0573 e. The normalized spacial score (nSPS) is 28.3. The monoisotopic (exact) mass is 179 g/mol. The molecular formula is C12H21N. The molecule has 0 amide bonds. The maximum atomic E-state index is 5.18. The number of hydrogen-bond acceptors (Lipinski definition) is 1. The molecule has 1 rings (SSSR count). The van der Waals surface area contributed by atoms with Crippen LogP contribution >= 0.6 is 0 Å². The highest BCUT2D eigenvalue weighted by Gasteiger charge is 2.18. The first kappa shape index (κ1) is 10.6. The van der Waals surface area contributed by atoms with Gasteiger partial charge in [-0.1, -0.05) is 32.1 Å². The molecule has 1 N–H and O–H groups in total. The molecule has 0 aromatic heterocycles. The van der Waals surface area contributed by atoms with Crippen LogP contribution in [-0.4, -0.2) is 13.1 Å². The summed E-state index contributed by atoms with van der Waals surface area (Å²) in [5.41, 5.74) is 0. The van der Waals surface area contributed by atoms with Crippen molar-refractivity contribution >= 4 is 0 Å². The highest BCUT2D eigenvalue weighted by atomic mass is 14.8. The quantitative estimate of drug-likeness (QED) is 0.516. The van der Waals surface area contributed by atoms with E-state index in [2.05, 4.69) is 18.2 Å². The molecule has 1 fully saturated rings. The van der Waals surface area contributed by atoms with Gasteiger partial charge in [0, 0.05) is 0 Å². The number of nitrogens with one attached hydrogen (secondary N) is 1. The molecule has 0 saturated heterocycles. The molecule has 1 aliphatic carbocycles. The lowest BCUT2D eigenvalue weighted by molar-refractivity contribution is 0.265. The van der Waals surface area contributed by atoms with E-state index >= 15 is 0 Å². The summed E-state index contributed by atoms with van der Waals surface area (Å²) in [6.07, 6.45) is 12.2. The van der Waals surface area contributed by atoms with Crippen molar-refractivity contribution in [3.05, 3.63) is 0 Å². The van der Waals surface area contributed by atoms with Crippen LogP contribution in [0, 0.1) is 24.2 Å². The van der Waals surface area contributed by atoms with Gasteiger partial charge < -0.3 is 5.32 Å². The van der Waals surface area contributed by atoms with E-state index in [1.807, 2.05) is 0 Å². The molecular weight excluding hydrogens is 158 g/mol. The summed E-state index contributed by atoms with van der Waals surface area (Å²) < 4.78 is 0. The van der Waals surface area contributed by atoms with Crippen LogP contribution in [0.1, 0.15) is 39.0 Å². The van der Waals surface area contributed by atoms with E-state index in [0.717, 1.165) is 24.9 Å². The van der Waals surface area contributed by atoms with Crippen molar-refractivity contribution in [3.63, 3.8) is 0 Å². The van der Waals surface area contributed by atoms with Gasteiger partial charge in [0.05, 0.1) is 6.54 Å². The van der Waals surface area contributed by atoms with Crippen molar-refractivity contribution in [2.45, 2.75) is 39.0 Å². The van der Waals surface area contributed by atoms with Crippen molar-refractivity contribution in [2.24, 2.45) is 11.8 Å². The molecule has 0 unspecified atom stereocenters. The fourth-order valence-electron chi connectivity index (χ4n) is 2.19. The summed E-state index contributed by atoms with van der Waals surface area (Å²) >= 11 is 0. The van der Waals surface area contributed by atoms with E-state index in [1.165, 1.54) is 32.1 Å². The molecule has 0 aliphatic heterocycles. The van der Waals surface area contributed by atoms with Crippen LogP contribution < -0.4 is 5.32 Å². The van der Waals surface area contributed by atoms with E-state index < -0.39 is 0 Å².